The van der Waals surface area contributed by atoms with Crippen LogP contribution in [0.5, 0.6) is 0 Å². The minimum absolute atomic E-state index is 0.699. The summed E-state index contributed by atoms with van der Waals surface area (Å²) < 4.78 is 1.15. The molecule has 2 aromatic rings. The molecule has 0 aliphatic carbocycles. The molecule has 0 saturated carbocycles. The van der Waals surface area contributed by atoms with Gasteiger partial charge < -0.3 is 10.2 Å². The molecule has 0 bridgehead atoms. The SMILES string of the molecule is CNCc1cc(N(C)Cc2csc(Br)c2)ncc1Cl. The first-order chi connectivity index (χ1) is 9.10. The van der Waals surface area contributed by atoms with Crippen LogP contribution in [-0.2, 0) is 13.1 Å². The fraction of sp³-hybridized carbons (Fsp3) is 0.308. The molecule has 0 fully saturated rings. The van der Waals surface area contributed by atoms with Crippen molar-refractivity contribution < 1.29 is 0 Å². The molecular weight excluding hydrogens is 346 g/mol. The third-order valence-corrected chi connectivity index (χ3v) is 4.61. The van der Waals surface area contributed by atoms with Gasteiger partial charge in [0.2, 0.25) is 0 Å². The Balaban J connectivity index is 2.14. The van der Waals surface area contributed by atoms with Gasteiger partial charge in [-0.3, -0.25) is 0 Å². The maximum Gasteiger partial charge on any atom is 0.128 e. The zero-order valence-corrected chi connectivity index (χ0v) is 13.9. The number of aromatic nitrogens is 1. The van der Waals surface area contributed by atoms with Crippen LogP contribution in [0.1, 0.15) is 11.1 Å². The van der Waals surface area contributed by atoms with Crippen molar-refractivity contribution in [3.05, 3.63) is 43.6 Å². The summed E-state index contributed by atoms with van der Waals surface area (Å²) in [5, 5.41) is 5.95. The highest BCUT2D eigenvalue weighted by Gasteiger charge is 2.08. The molecule has 2 heterocycles. The van der Waals surface area contributed by atoms with Gasteiger partial charge in [0.25, 0.3) is 0 Å². The predicted molar refractivity (Wildman–Crippen MR) is 86.1 cm³/mol. The van der Waals surface area contributed by atoms with Crippen molar-refractivity contribution in [2.24, 2.45) is 0 Å². The Kier molecular flexibility index (Phi) is 5.21. The van der Waals surface area contributed by atoms with Gasteiger partial charge in [-0.2, -0.15) is 0 Å². The van der Waals surface area contributed by atoms with Crippen LogP contribution in [-0.4, -0.2) is 19.1 Å². The lowest BCUT2D eigenvalue weighted by atomic mass is 10.2. The third kappa shape index (κ3) is 3.92. The van der Waals surface area contributed by atoms with E-state index in [9.17, 15) is 0 Å². The smallest absolute Gasteiger partial charge is 0.128 e. The summed E-state index contributed by atoms with van der Waals surface area (Å²) in [4.78, 5) is 6.50. The first-order valence-electron chi connectivity index (χ1n) is 5.83. The molecule has 0 radical (unpaired) electrons. The van der Waals surface area contributed by atoms with Gasteiger partial charge in [-0.25, -0.2) is 4.98 Å². The molecule has 0 saturated heterocycles. The van der Waals surface area contributed by atoms with E-state index in [0.717, 1.165) is 28.3 Å². The zero-order valence-electron chi connectivity index (χ0n) is 10.8. The molecule has 0 atom stereocenters. The first kappa shape index (κ1) is 14.8. The van der Waals surface area contributed by atoms with Crippen LogP contribution in [0.4, 0.5) is 5.82 Å². The number of nitrogens with zero attached hydrogens (tertiary/aromatic N) is 2. The second kappa shape index (κ2) is 6.70. The van der Waals surface area contributed by atoms with Gasteiger partial charge in [0, 0.05) is 26.3 Å². The Hall–Kier alpha value is -0.620. The quantitative estimate of drug-likeness (QED) is 0.876. The number of halogens is 2. The lowest BCUT2D eigenvalue weighted by molar-refractivity contribution is 0.812. The third-order valence-electron chi connectivity index (χ3n) is 2.72. The van der Waals surface area contributed by atoms with Crippen molar-refractivity contribution in [3.63, 3.8) is 0 Å². The van der Waals surface area contributed by atoms with Crippen LogP contribution in [0.15, 0.2) is 27.5 Å². The summed E-state index contributed by atoms with van der Waals surface area (Å²) in [6.45, 7) is 1.57. The molecule has 6 heteroatoms. The fourth-order valence-corrected chi connectivity index (χ4v) is 3.16. The fourth-order valence-electron chi connectivity index (χ4n) is 1.79. The molecule has 0 aliphatic rings. The zero-order chi connectivity index (χ0) is 13.8. The van der Waals surface area contributed by atoms with Gasteiger partial charge in [0.05, 0.1) is 8.81 Å². The number of thiophene rings is 1. The Morgan fingerprint density at radius 2 is 2.26 bits per heavy atom. The average Bonchev–Trinajstić information content (AvgIpc) is 2.77. The molecular formula is C13H15BrClN3S. The minimum atomic E-state index is 0.699. The van der Waals surface area contributed by atoms with Crippen LogP contribution in [0.3, 0.4) is 0 Å². The molecule has 3 nitrogen and oxygen atoms in total. The maximum atomic E-state index is 6.12. The van der Waals surface area contributed by atoms with Gasteiger partial charge in [0.1, 0.15) is 5.82 Å². The summed E-state index contributed by atoms with van der Waals surface area (Å²) >= 11 is 11.3. The van der Waals surface area contributed by atoms with Crippen molar-refractivity contribution in [1.29, 1.82) is 0 Å². The topological polar surface area (TPSA) is 28.2 Å². The van der Waals surface area contributed by atoms with Gasteiger partial charge in [-0.1, -0.05) is 11.6 Å². The molecule has 19 heavy (non-hydrogen) atoms. The Labute approximate surface area is 130 Å². The number of hydrogen-bond donors (Lipinski definition) is 1. The van der Waals surface area contributed by atoms with Gasteiger partial charge in [-0.05, 0) is 51.6 Å². The molecule has 1 N–H and O–H groups in total. The summed E-state index contributed by atoms with van der Waals surface area (Å²) in [6.07, 6.45) is 1.71. The van der Waals surface area contributed by atoms with Gasteiger partial charge in [0.15, 0.2) is 0 Å². The van der Waals surface area contributed by atoms with Crippen LogP contribution < -0.4 is 10.2 Å². The highest BCUT2D eigenvalue weighted by molar-refractivity contribution is 9.11. The lowest BCUT2D eigenvalue weighted by Crippen LogP contribution is -2.18. The van der Waals surface area contributed by atoms with E-state index in [1.165, 1.54) is 5.56 Å². The van der Waals surface area contributed by atoms with E-state index >= 15 is 0 Å². The standard InChI is InChI=1S/C13H15BrClN3S/c1-16-5-10-4-13(17-6-11(10)15)18(2)7-9-3-12(14)19-8-9/h3-4,6,8,16H,5,7H2,1-2H3. The van der Waals surface area contributed by atoms with E-state index in [-0.39, 0.29) is 0 Å². The maximum absolute atomic E-state index is 6.12. The lowest BCUT2D eigenvalue weighted by Gasteiger charge is -2.18. The Morgan fingerprint density at radius 1 is 1.47 bits per heavy atom. The van der Waals surface area contributed by atoms with Crippen LogP contribution in [0.25, 0.3) is 0 Å². The number of nitrogens with one attached hydrogen (secondary N) is 1. The average molecular weight is 361 g/mol. The van der Waals surface area contributed by atoms with E-state index in [4.69, 9.17) is 11.6 Å². The molecule has 2 aromatic heterocycles. The van der Waals surface area contributed by atoms with E-state index in [1.807, 2.05) is 20.2 Å². The second-order valence-electron chi connectivity index (χ2n) is 4.28. The second-order valence-corrected chi connectivity index (χ2v) is 6.98. The molecule has 0 aliphatic heterocycles. The van der Waals surface area contributed by atoms with Crippen molar-refractivity contribution in [1.82, 2.24) is 10.3 Å². The number of rotatable bonds is 5. The highest BCUT2D eigenvalue weighted by Crippen LogP contribution is 2.24. The number of pyridine rings is 1. The number of anilines is 1. The minimum Gasteiger partial charge on any atom is -0.355 e. The van der Waals surface area contributed by atoms with Gasteiger partial charge >= 0.3 is 0 Å². The molecule has 0 amide bonds. The summed E-state index contributed by atoms with van der Waals surface area (Å²) in [6, 6.07) is 4.16. The van der Waals surface area contributed by atoms with Crippen LogP contribution in [0.2, 0.25) is 5.02 Å². The number of hydrogen-bond acceptors (Lipinski definition) is 4. The molecule has 102 valence electrons. The van der Waals surface area contributed by atoms with Crippen molar-refractivity contribution in [2.75, 3.05) is 19.0 Å². The molecule has 0 unspecified atom stereocenters. The van der Waals surface area contributed by atoms with Crippen molar-refractivity contribution >= 4 is 44.7 Å². The first-order valence-corrected chi connectivity index (χ1v) is 7.88. The van der Waals surface area contributed by atoms with Gasteiger partial charge in [-0.15, -0.1) is 11.3 Å². The van der Waals surface area contributed by atoms with E-state index in [1.54, 1.807) is 17.5 Å². The van der Waals surface area contributed by atoms with Crippen LogP contribution in [0, 0.1) is 0 Å². The Morgan fingerprint density at radius 3 is 2.89 bits per heavy atom. The van der Waals surface area contributed by atoms with E-state index in [0.29, 0.717) is 5.02 Å². The van der Waals surface area contributed by atoms with Crippen molar-refractivity contribution in [3.8, 4) is 0 Å². The van der Waals surface area contributed by atoms with Crippen LogP contribution >= 0.6 is 38.9 Å². The summed E-state index contributed by atoms with van der Waals surface area (Å²) in [5.41, 5.74) is 2.33. The van der Waals surface area contributed by atoms with E-state index < -0.39 is 0 Å². The largest absolute Gasteiger partial charge is 0.355 e. The highest BCUT2D eigenvalue weighted by atomic mass is 79.9. The van der Waals surface area contributed by atoms with Crippen molar-refractivity contribution in [2.45, 2.75) is 13.1 Å². The Bertz CT molecular complexity index is 559. The monoisotopic (exact) mass is 359 g/mol. The predicted octanol–water partition coefficient (Wildman–Crippen LogP) is 3.91. The molecule has 0 aromatic carbocycles. The normalized spacial score (nSPS) is 10.7. The molecule has 0 spiro atoms. The molecule has 2 rings (SSSR count). The van der Waals surface area contributed by atoms with E-state index in [2.05, 4.69) is 42.6 Å². The summed E-state index contributed by atoms with van der Waals surface area (Å²) in [7, 11) is 3.94. The summed E-state index contributed by atoms with van der Waals surface area (Å²) in [5.74, 6) is 0.928.